The lowest BCUT2D eigenvalue weighted by Gasteiger charge is -2.18. The van der Waals surface area contributed by atoms with Gasteiger partial charge in [0, 0.05) is 0 Å². The maximum absolute atomic E-state index is 11.6. The van der Waals surface area contributed by atoms with E-state index < -0.39 is 12.1 Å². The van der Waals surface area contributed by atoms with Crippen LogP contribution in [0.5, 0.6) is 0 Å². The maximum Gasteiger partial charge on any atom is 0.231 e. The Kier molecular flexibility index (Phi) is 4.46. The Hall–Kier alpha value is -0.0100. The second kappa shape index (κ2) is 5.18. The van der Waals surface area contributed by atoms with Crippen LogP contribution >= 0.6 is 31.2 Å². The summed E-state index contributed by atoms with van der Waals surface area (Å²) in [5.74, 6) is 0. The van der Waals surface area contributed by atoms with E-state index in [2.05, 4.69) is 0 Å². The summed E-state index contributed by atoms with van der Waals surface area (Å²) in [5.41, 5.74) is 0.598. The summed E-state index contributed by atoms with van der Waals surface area (Å²) in [6.07, 6.45) is 0. The molecule has 14 heavy (non-hydrogen) atoms. The second-order valence-electron chi connectivity index (χ2n) is 2.66. The fourth-order valence-corrected chi connectivity index (χ4v) is 2.41. The second-order valence-corrected chi connectivity index (χ2v) is 6.24. The van der Waals surface area contributed by atoms with Crippen LogP contribution in [-0.4, -0.2) is 6.61 Å². The summed E-state index contributed by atoms with van der Waals surface area (Å²) >= 11 is 11.9. The topological polar surface area (TPSA) is 26.3 Å². The van der Waals surface area contributed by atoms with Crippen molar-refractivity contribution >= 4 is 31.2 Å². The van der Waals surface area contributed by atoms with Crippen LogP contribution in [0.1, 0.15) is 12.5 Å². The molecule has 0 bridgehead atoms. The van der Waals surface area contributed by atoms with Gasteiger partial charge in [-0.25, -0.2) is 0 Å². The molecule has 1 aromatic rings. The van der Waals surface area contributed by atoms with Gasteiger partial charge in [-0.1, -0.05) is 53.5 Å². The van der Waals surface area contributed by atoms with Gasteiger partial charge in [0.15, 0.2) is 0 Å². The Morgan fingerprint density at radius 3 is 2.43 bits per heavy atom. The van der Waals surface area contributed by atoms with Crippen LogP contribution in [-0.2, 0) is 13.2 Å². The van der Waals surface area contributed by atoms with Gasteiger partial charge >= 0.3 is 0 Å². The van der Waals surface area contributed by atoms with Gasteiger partial charge in [0.2, 0.25) is 12.1 Å². The third-order valence-electron chi connectivity index (χ3n) is 1.67. The van der Waals surface area contributed by atoms with Gasteiger partial charge in [-0.05, 0) is 12.5 Å². The van der Waals surface area contributed by atoms with Crippen LogP contribution in [0.3, 0.4) is 0 Å². The standard InChI is InChI=1S/C9H11Cl2O2P/c1-2-13-14(12)9(10,11)8-6-4-3-5-7-8/h3-7,14H,2H2,1H3. The van der Waals surface area contributed by atoms with Gasteiger partial charge in [-0.15, -0.1) is 0 Å². The molecule has 0 radical (unpaired) electrons. The van der Waals surface area contributed by atoms with E-state index in [0.29, 0.717) is 12.2 Å². The lowest BCUT2D eigenvalue weighted by molar-refractivity contribution is 0.346. The molecule has 1 atom stereocenters. The van der Waals surface area contributed by atoms with Gasteiger partial charge in [-0.3, -0.25) is 4.57 Å². The van der Waals surface area contributed by atoms with Gasteiger partial charge in [0.05, 0.1) is 6.61 Å². The first kappa shape index (κ1) is 12.1. The van der Waals surface area contributed by atoms with Crippen molar-refractivity contribution in [3.05, 3.63) is 35.9 Å². The van der Waals surface area contributed by atoms with E-state index in [1.165, 1.54) is 0 Å². The van der Waals surface area contributed by atoms with E-state index in [9.17, 15) is 4.57 Å². The van der Waals surface area contributed by atoms with Crippen molar-refractivity contribution in [1.82, 2.24) is 0 Å². The molecule has 0 amide bonds. The highest BCUT2D eigenvalue weighted by Gasteiger charge is 2.34. The predicted molar refractivity (Wildman–Crippen MR) is 60.5 cm³/mol. The highest BCUT2D eigenvalue weighted by atomic mass is 35.5. The molecule has 1 aromatic carbocycles. The van der Waals surface area contributed by atoms with Crippen LogP contribution in [0.15, 0.2) is 30.3 Å². The molecule has 0 saturated heterocycles. The first-order chi connectivity index (χ1) is 6.59. The minimum atomic E-state index is -2.49. The summed E-state index contributed by atoms with van der Waals surface area (Å²) in [4.78, 5) is 0. The number of benzene rings is 1. The number of hydrogen-bond acceptors (Lipinski definition) is 2. The summed E-state index contributed by atoms with van der Waals surface area (Å²) in [7, 11) is -2.49. The van der Waals surface area contributed by atoms with Crippen molar-refractivity contribution in [1.29, 1.82) is 0 Å². The Labute approximate surface area is 94.0 Å². The van der Waals surface area contributed by atoms with Gasteiger partial charge in [-0.2, -0.15) is 0 Å². The summed E-state index contributed by atoms with van der Waals surface area (Å²) in [6.45, 7) is 2.09. The van der Waals surface area contributed by atoms with Crippen molar-refractivity contribution in [3.8, 4) is 0 Å². The number of alkyl halides is 2. The molecule has 0 N–H and O–H groups in total. The minimum Gasteiger partial charge on any atom is -0.329 e. The van der Waals surface area contributed by atoms with Crippen molar-refractivity contribution in [2.45, 2.75) is 11.0 Å². The lowest BCUT2D eigenvalue weighted by atomic mass is 10.2. The predicted octanol–water partition coefficient (Wildman–Crippen LogP) is 3.79. The molecule has 0 aliphatic rings. The van der Waals surface area contributed by atoms with Crippen LogP contribution in [0.25, 0.3) is 0 Å². The Balaban J connectivity index is 2.90. The first-order valence-electron chi connectivity index (χ1n) is 4.19. The largest absolute Gasteiger partial charge is 0.329 e. The minimum absolute atomic E-state index is 0.339. The van der Waals surface area contributed by atoms with Crippen molar-refractivity contribution in [3.63, 3.8) is 0 Å². The normalized spacial score (nSPS) is 13.9. The zero-order valence-corrected chi connectivity index (χ0v) is 10.2. The first-order valence-corrected chi connectivity index (χ1v) is 6.27. The van der Waals surface area contributed by atoms with Crippen LogP contribution in [0, 0.1) is 0 Å². The Morgan fingerprint density at radius 2 is 1.93 bits per heavy atom. The molecule has 1 rings (SSSR count). The molecule has 0 aliphatic carbocycles. The zero-order valence-electron chi connectivity index (χ0n) is 7.67. The van der Waals surface area contributed by atoms with E-state index in [1.807, 2.05) is 6.07 Å². The molecule has 1 unspecified atom stereocenters. The lowest BCUT2D eigenvalue weighted by Crippen LogP contribution is -2.05. The molecule has 0 fully saturated rings. The molecule has 0 heterocycles. The van der Waals surface area contributed by atoms with Crippen molar-refractivity contribution in [2.24, 2.45) is 0 Å². The van der Waals surface area contributed by atoms with Gasteiger partial charge in [0.1, 0.15) is 0 Å². The Bertz CT molecular complexity index is 314. The molecule has 0 aliphatic heterocycles. The van der Waals surface area contributed by atoms with E-state index in [4.69, 9.17) is 27.7 Å². The quantitative estimate of drug-likeness (QED) is 0.602. The van der Waals surface area contributed by atoms with E-state index in [0.717, 1.165) is 0 Å². The average molecular weight is 253 g/mol. The van der Waals surface area contributed by atoms with Crippen LogP contribution in [0.4, 0.5) is 0 Å². The molecule has 0 saturated carbocycles. The molecular formula is C9H11Cl2O2P. The highest BCUT2D eigenvalue weighted by Crippen LogP contribution is 2.54. The number of rotatable bonds is 4. The summed E-state index contributed by atoms with van der Waals surface area (Å²) in [6, 6.07) is 8.86. The van der Waals surface area contributed by atoms with E-state index in [1.54, 1.807) is 31.2 Å². The van der Waals surface area contributed by atoms with E-state index >= 15 is 0 Å². The molecular weight excluding hydrogens is 242 g/mol. The maximum atomic E-state index is 11.6. The molecule has 0 spiro atoms. The van der Waals surface area contributed by atoms with Gasteiger partial charge in [0.25, 0.3) is 0 Å². The molecule has 5 heteroatoms. The van der Waals surface area contributed by atoms with Crippen LogP contribution in [0.2, 0.25) is 0 Å². The smallest absolute Gasteiger partial charge is 0.231 e. The van der Waals surface area contributed by atoms with Crippen LogP contribution < -0.4 is 0 Å². The zero-order chi connectivity index (χ0) is 10.6. The molecule has 0 aromatic heterocycles. The fraction of sp³-hybridized carbons (Fsp3) is 0.333. The average Bonchev–Trinajstić information content (AvgIpc) is 2.19. The number of hydrogen-bond donors (Lipinski definition) is 0. The van der Waals surface area contributed by atoms with Gasteiger partial charge < -0.3 is 4.52 Å². The van der Waals surface area contributed by atoms with E-state index in [-0.39, 0.29) is 0 Å². The summed E-state index contributed by atoms with van der Waals surface area (Å²) in [5, 5.41) is 0. The number of halogens is 2. The SMILES string of the molecule is CCO[PH](=O)C(Cl)(Cl)c1ccccc1. The third-order valence-corrected chi connectivity index (χ3v) is 4.38. The monoisotopic (exact) mass is 252 g/mol. The summed E-state index contributed by atoms with van der Waals surface area (Å²) < 4.78 is 15.1. The molecule has 2 nitrogen and oxygen atoms in total. The molecule has 78 valence electrons. The fourth-order valence-electron chi connectivity index (χ4n) is 0.987. The van der Waals surface area contributed by atoms with Crippen molar-refractivity contribution < 1.29 is 9.09 Å². The Morgan fingerprint density at radius 1 is 1.36 bits per heavy atom. The third kappa shape index (κ3) is 2.74. The highest BCUT2D eigenvalue weighted by molar-refractivity contribution is 7.46. The van der Waals surface area contributed by atoms with Crippen molar-refractivity contribution in [2.75, 3.05) is 6.61 Å².